The Morgan fingerprint density at radius 3 is 2.95 bits per heavy atom. The lowest BCUT2D eigenvalue weighted by atomic mass is 10.1. The van der Waals surface area contributed by atoms with Crippen molar-refractivity contribution in [2.24, 2.45) is 0 Å². The molecule has 1 aromatic carbocycles. The highest BCUT2D eigenvalue weighted by molar-refractivity contribution is 5.80. The van der Waals surface area contributed by atoms with E-state index in [9.17, 15) is 0 Å². The van der Waals surface area contributed by atoms with Crippen LogP contribution >= 0.6 is 0 Å². The summed E-state index contributed by atoms with van der Waals surface area (Å²) in [5.74, 6) is 0. The first-order valence-corrected chi connectivity index (χ1v) is 7.36. The largest absolute Gasteiger partial charge is 0.394 e. The number of aliphatic hydroxyl groups is 1. The van der Waals surface area contributed by atoms with Crippen molar-refractivity contribution in [2.45, 2.75) is 32.0 Å². The number of nitrogens with zero attached hydrogens (tertiary/aromatic N) is 1. The zero-order valence-corrected chi connectivity index (χ0v) is 11.7. The number of fused-ring (bicyclic) bond motifs is 1. The molecule has 0 saturated heterocycles. The van der Waals surface area contributed by atoms with Gasteiger partial charge in [-0.2, -0.15) is 0 Å². The van der Waals surface area contributed by atoms with Crippen LogP contribution in [0.4, 0.5) is 0 Å². The molecule has 1 aromatic heterocycles. The van der Waals surface area contributed by atoms with Crippen LogP contribution < -0.4 is 5.32 Å². The summed E-state index contributed by atoms with van der Waals surface area (Å²) < 4.78 is 7.55. The Labute approximate surface area is 119 Å². The monoisotopic (exact) mass is 274 g/mol. The molecule has 0 amide bonds. The molecule has 1 heterocycles. The highest BCUT2D eigenvalue weighted by Crippen LogP contribution is 2.21. The molecule has 0 spiro atoms. The van der Waals surface area contributed by atoms with Gasteiger partial charge in [0.2, 0.25) is 0 Å². The van der Waals surface area contributed by atoms with Crippen molar-refractivity contribution in [1.29, 1.82) is 0 Å². The van der Waals surface area contributed by atoms with Crippen molar-refractivity contribution < 1.29 is 9.84 Å². The highest BCUT2D eigenvalue weighted by Gasteiger charge is 2.19. The van der Waals surface area contributed by atoms with Gasteiger partial charge in [0, 0.05) is 30.8 Å². The molecule has 108 valence electrons. The number of rotatable bonds is 8. The minimum Gasteiger partial charge on any atom is -0.394 e. The van der Waals surface area contributed by atoms with Crippen LogP contribution in [0.2, 0.25) is 0 Å². The summed E-state index contributed by atoms with van der Waals surface area (Å²) in [7, 11) is 0. The van der Waals surface area contributed by atoms with Crippen LogP contribution in [0.5, 0.6) is 0 Å². The van der Waals surface area contributed by atoms with Gasteiger partial charge in [0.15, 0.2) is 0 Å². The van der Waals surface area contributed by atoms with Gasteiger partial charge in [-0.1, -0.05) is 12.1 Å². The SMILES string of the molecule is OCCOCCn1ccc2ccc(CNC3CC3)cc21. The van der Waals surface area contributed by atoms with Crippen LogP contribution in [0, 0.1) is 0 Å². The first-order valence-electron chi connectivity index (χ1n) is 7.36. The standard InChI is InChI=1S/C16H22N2O2/c19-8-10-20-9-7-18-6-5-14-2-1-13(11-16(14)18)12-17-15-3-4-15/h1-2,5-6,11,15,17,19H,3-4,7-10,12H2. The van der Waals surface area contributed by atoms with Gasteiger partial charge in [0.05, 0.1) is 19.8 Å². The summed E-state index contributed by atoms with van der Waals surface area (Å²) in [6.45, 7) is 2.91. The normalized spacial score (nSPS) is 15.1. The molecule has 0 bridgehead atoms. The Hall–Kier alpha value is -1.36. The smallest absolute Gasteiger partial charge is 0.0698 e. The molecular formula is C16H22N2O2. The van der Waals surface area contributed by atoms with Crippen molar-refractivity contribution in [1.82, 2.24) is 9.88 Å². The molecule has 0 atom stereocenters. The van der Waals surface area contributed by atoms with Crippen molar-refractivity contribution in [3.8, 4) is 0 Å². The Bertz CT molecular complexity index is 561. The fraction of sp³-hybridized carbons (Fsp3) is 0.500. The van der Waals surface area contributed by atoms with Crippen molar-refractivity contribution >= 4 is 10.9 Å². The van der Waals surface area contributed by atoms with Gasteiger partial charge in [0.25, 0.3) is 0 Å². The predicted molar refractivity (Wildman–Crippen MR) is 79.7 cm³/mol. The average Bonchev–Trinajstić information content (AvgIpc) is 3.22. The minimum absolute atomic E-state index is 0.0867. The zero-order valence-electron chi connectivity index (χ0n) is 11.7. The maximum atomic E-state index is 8.70. The molecule has 0 unspecified atom stereocenters. The van der Waals surface area contributed by atoms with Crippen LogP contribution in [0.3, 0.4) is 0 Å². The molecule has 4 heteroatoms. The van der Waals surface area contributed by atoms with Crippen molar-refractivity contribution in [3.05, 3.63) is 36.0 Å². The summed E-state index contributed by atoms with van der Waals surface area (Å²) in [6.07, 6.45) is 4.74. The van der Waals surface area contributed by atoms with Crippen LogP contribution in [0.25, 0.3) is 10.9 Å². The average molecular weight is 274 g/mol. The number of aromatic nitrogens is 1. The summed E-state index contributed by atoms with van der Waals surface area (Å²) in [5.41, 5.74) is 2.59. The molecule has 20 heavy (non-hydrogen) atoms. The highest BCUT2D eigenvalue weighted by atomic mass is 16.5. The molecule has 1 aliphatic carbocycles. The molecule has 1 fully saturated rings. The van der Waals surface area contributed by atoms with Gasteiger partial charge in [-0.25, -0.2) is 0 Å². The Morgan fingerprint density at radius 1 is 1.25 bits per heavy atom. The predicted octanol–water partition coefficient (Wildman–Crippen LogP) is 1.90. The third-order valence-electron chi connectivity index (χ3n) is 3.72. The van der Waals surface area contributed by atoms with E-state index in [0.29, 0.717) is 13.2 Å². The molecule has 1 aliphatic rings. The van der Waals surface area contributed by atoms with Gasteiger partial charge in [-0.15, -0.1) is 0 Å². The van der Waals surface area contributed by atoms with E-state index in [0.717, 1.165) is 19.1 Å². The number of hydrogen-bond acceptors (Lipinski definition) is 3. The molecule has 3 rings (SSSR count). The fourth-order valence-corrected chi connectivity index (χ4v) is 2.41. The molecule has 0 aliphatic heterocycles. The van der Waals surface area contributed by atoms with E-state index in [2.05, 4.69) is 40.3 Å². The third-order valence-corrected chi connectivity index (χ3v) is 3.72. The quantitative estimate of drug-likeness (QED) is 0.723. The Morgan fingerprint density at radius 2 is 2.15 bits per heavy atom. The van der Waals surface area contributed by atoms with E-state index in [1.807, 2.05) is 0 Å². The van der Waals surface area contributed by atoms with Crippen LogP contribution in [-0.2, 0) is 17.8 Å². The maximum Gasteiger partial charge on any atom is 0.0698 e. The molecule has 0 radical (unpaired) electrons. The molecule has 2 N–H and O–H groups in total. The van der Waals surface area contributed by atoms with Gasteiger partial charge in [-0.05, 0) is 35.9 Å². The summed E-state index contributed by atoms with van der Waals surface area (Å²) in [4.78, 5) is 0. The van der Waals surface area contributed by atoms with Crippen LogP contribution in [0.15, 0.2) is 30.5 Å². The number of benzene rings is 1. The second-order valence-corrected chi connectivity index (χ2v) is 5.39. The van der Waals surface area contributed by atoms with E-state index in [4.69, 9.17) is 9.84 Å². The van der Waals surface area contributed by atoms with Crippen molar-refractivity contribution in [2.75, 3.05) is 19.8 Å². The lowest BCUT2D eigenvalue weighted by molar-refractivity contribution is 0.0875. The summed E-state index contributed by atoms with van der Waals surface area (Å²) >= 11 is 0. The number of ether oxygens (including phenoxy) is 1. The number of nitrogens with one attached hydrogen (secondary N) is 1. The molecule has 1 saturated carbocycles. The first kappa shape index (κ1) is 13.6. The molecule has 4 nitrogen and oxygen atoms in total. The second kappa shape index (κ2) is 6.39. The summed E-state index contributed by atoms with van der Waals surface area (Å²) in [6, 6.07) is 9.52. The van der Waals surface area contributed by atoms with Crippen molar-refractivity contribution in [3.63, 3.8) is 0 Å². The lowest BCUT2D eigenvalue weighted by Gasteiger charge is -2.08. The van der Waals surface area contributed by atoms with E-state index in [1.165, 1.54) is 29.3 Å². The summed E-state index contributed by atoms with van der Waals surface area (Å²) in [5, 5.41) is 13.5. The van der Waals surface area contributed by atoms with Gasteiger partial charge >= 0.3 is 0 Å². The Balaban J connectivity index is 1.66. The first-order chi connectivity index (χ1) is 9.86. The molecular weight excluding hydrogens is 252 g/mol. The number of hydrogen-bond donors (Lipinski definition) is 2. The third kappa shape index (κ3) is 3.39. The second-order valence-electron chi connectivity index (χ2n) is 5.39. The topological polar surface area (TPSA) is 46.4 Å². The van der Waals surface area contributed by atoms with Gasteiger partial charge in [-0.3, -0.25) is 0 Å². The minimum atomic E-state index is 0.0867. The molecule has 2 aromatic rings. The Kier molecular flexibility index (Phi) is 4.35. The lowest BCUT2D eigenvalue weighted by Crippen LogP contribution is -2.15. The van der Waals surface area contributed by atoms with E-state index in [1.54, 1.807) is 0 Å². The van der Waals surface area contributed by atoms with E-state index in [-0.39, 0.29) is 6.61 Å². The van der Waals surface area contributed by atoms with Gasteiger partial charge in [0.1, 0.15) is 0 Å². The van der Waals surface area contributed by atoms with Gasteiger partial charge < -0.3 is 19.7 Å². The fourth-order valence-electron chi connectivity index (χ4n) is 2.41. The maximum absolute atomic E-state index is 8.70. The van der Waals surface area contributed by atoms with Crippen LogP contribution in [-0.4, -0.2) is 35.5 Å². The van der Waals surface area contributed by atoms with E-state index >= 15 is 0 Å². The van der Waals surface area contributed by atoms with E-state index < -0.39 is 0 Å². The zero-order chi connectivity index (χ0) is 13.8. The van der Waals surface area contributed by atoms with Crippen LogP contribution in [0.1, 0.15) is 18.4 Å². The number of aliphatic hydroxyl groups excluding tert-OH is 1.